The van der Waals surface area contributed by atoms with Crippen LogP contribution in [0.5, 0.6) is 0 Å². The summed E-state index contributed by atoms with van der Waals surface area (Å²) in [6.07, 6.45) is 0. The number of carbonyl (C=O) groups is 1. The molecule has 23 heavy (non-hydrogen) atoms. The summed E-state index contributed by atoms with van der Waals surface area (Å²) in [7, 11) is 0. The van der Waals surface area contributed by atoms with Gasteiger partial charge in [-0.15, -0.1) is 0 Å². The molecule has 0 N–H and O–H groups in total. The van der Waals surface area contributed by atoms with Crippen molar-refractivity contribution in [3.63, 3.8) is 0 Å². The molecule has 0 radical (unpaired) electrons. The quantitative estimate of drug-likeness (QED) is 0.832. The zero-order chi connectivity index (χ0) is 18.0. The van der Waals surface area contributed by atoms with Crippen LogP contribution in [0.2, 0.25) is 0 Å². The maximum atomic E-state index is 13.3. The molecule has 2 heterocycles. The molecule has 0 saturated carbocycles. The van der Waals surface area contributed by atoms with Crippen molar-refractivity contribution >= 4 is 5.91 Å². The van der Waals surface area contributed by atoms with Crippen molar-refractivity contribution in [2.45, 2.75) is 92.3 Å². The van der Waals surface area contributed by atoms with E-state index in [9.17, 15) is 4.79 Å². The Bertz CT molecular complexity index is 623. The van der Waals surface area contributed by atoms with Gasteiger partial charge in [-0.2, -0.15) is 5.10 Å². The number of hydrogen-bond donors (Lipinski definition) is 0. The lowest BCUT2D eigenvalue weighted by Gasteiger charge is -2.54. The average molecular weight is 320 g/mol. The zero-order valence-electron chi connectivity index (χ0n) is 16.4. The fourth-order valence-electron chi connectivity index (χ4n) is 3.66. The smallest absolute Gasteiger partial charge is 0.292 e. The number of carbonyl (C=O) groups excluding carboxylic acids is 1. The number of hydrogen-bond acceptors (Lipinski definition) is 3. The van der Waals surface area contributed by atoms with Gasteiger partial charge in [0.05, 0.1) is 5.54 Å². The molecule has 1 aliphatic heterocycles. The Morgan fingerprint density at radius 1 is 0.913 bits per heavy atom. The van der Waals surface area contributed by atoms with E-state index in [4.69, 9.17) is 5.10 Å². The summed E-state index contributed by atoms with van der Waals surface area (Å²) in [5.41, 5.74) is -0.874. The van der Waals surface area contributed by atoms with Crippen molar-refractivity contribution in [1.82, 2.24) is 19.7 Å². The van der Waals surface area contributed by atoms with Crippen LogP contribution in [0.15, 0.2) is 0 Å². The van der Waals surface area contributed by atoms with Crippen molar-refractivity contribution in [3.8, 4) is 0 Å². The fraction of sp³-hybridized carbons (Fsp3) is 0.833. The normalized spacial score (nSPS) is 22.4. The monoisotopic (exact) mass is 320 g/mol. The van der Waals surface area contributed by atoms with Crippen LogP contribution in [0.4, 0.5) is 0 Å². The Hall–Kier alpha value is -1.39. The summed E-state index contributed by atoms with van der Waals surface area (Å²) in [5.74, 6) is 1.37. The molecule has 130 valence electrons. The minimum absolute atomic E-state index is 0.0250. The van der Waals surface area contributed by atoms with Crippen LogP contribution < -0.4 is 0 Å². The Labute approximate surface area is 140 Å². The standard InChI is InChI=1S/C18H32N4O/c1-11(2)13-19-14-15(23)21(12(3)4)17(7,8)16(5,6)18(9,10)22(14)20-13/h11-12H,1-10H3. The molecule has 5 nitrogen and oxygen atoms in total. The molecule has 0 spiro atoms. The third-order valence-electron chi connectivity index (χ3n) is 6.26. The molecule has 0 aromatic carbocycles. The zero-order valence-corrected chi connectivity index (χ0v) is 16.4. The van der Waals surface area contributed by atoms with Gasteiger partial charge in [0, 0.05) is 22.9 Å². The van der Waals surface area contributed by atoms with E-state index in [0.29, 0.717) is 5.82 Å². The fourth-order valence-corrected chi connectivity index (χ4v) is 3.66. The lowest BCUT2D eigenvalue weighted by molar-refractivity contribution is -0.0468. The molecule has 0 saturated heterocycles. The SMILES string of the molecule is CC(C)c1nc2n(n1)C(C)(C)C(C)(C)C(C)(C)N(C(C)C)C2=O. The summed E-state index contributed by atoms with van der Waals surface area (Å²) in [5, 5.41) is 4.73. The van der Waals surface area contributed by atoms with Crippen molar-refractivity contribution in [2.75, 3.05) is 0 Å². The van der Waals surface area contributed by atoms with Crippen molar-refractivity contribution in [1.29, 1.82) is 0 Å². The molecule has 5 heteroatoms. The van der Waals surface area contributed by atoms with Gasteiger partial charge in [-0.1, -0.05) is 27.7 Å². The van der Waals surface area contributed by atoms with Crippen molar-refractivity contribution in [3.05, 3.63) is 11.6 Å². The lowest BCUT2D eigenvalue weighted by atomic mass is 9.62. The average Bonchev–Trinajstić information content (AvgIpc) is 2.81. The molecule has 0 atom stereocenters. The maximum Gasteiger partial charge on any atom is 0.292 e. The highest BCUT2D eigenvalue weighted by Crippen LogP contribution is 2.51. The minimum Gasteiger partial charge on any atom is -0.328 e. The van der Waals surface area contributed by atoms with E-state index in [1.54, 1.807) is 0 Å². The summed E-state index contributed by atoms with van der Waals surface area (Å²) < 4.78 is 1.87. The van der Waals surface area contributed by atoms with Gasteiger partial charge in [0.1, 0.15) is 0 Å². The number of nitrogens with zero attached hydrogens (tertiary/aromatic N) is 4. The summed E-state index contributed by atoms with van der Waals surface area (Å²) in [4.78, 5) is 19.9. The Kier molecular flexibility index (Phi) is 3.94. The number of amides is 1. The van der Waals surface area contributed by atoms with E-state index in [0.717, 1.165) is 5.82 Å². The van der Waals surface area contributed by atoms with Gasteiger partial charge in [0.25, 0.3) is 5.91 Å². The number of aromatic nitrogens is 3. The number of fused-ring (bicyclic) bond motifs is 1. The molecular weight excluding hydrogens is 288 g/mol. The Balaban J connectivity index is 2.82. The molecule has 0 unspecified atom stereocenters. The topological polar surface area (TPSA) is 51.0 Å². The third-order valence-corrected chi connectivity index (χ3v) is 6.26. The third kappa shape index (κ3) is 2.23. The van der Waals surface area contributed by atoms with E-state index in [1.165, 1.54) is 0 Å². The molecule has 1 amide bonds. The second kappa shape index (κ2) is 5.05. The van der Waals surface area contributed by atoms with Crippen LogP contribution in [-0.4, -0.2) is 37.2 Å². The van der Waals surface area contributed by atoms with Gasteiger partial charge in [-0.3, -0.25) is 4.79 Å². The highest BCUT2D eigenvalue weighted by atomic mass is 16.2. The van der Waals surface area contributed by atoms with Crippen LogP contribution in [-0.2, 0) is 5.54 Å². The van der Waals surface area contributed by atoms with Crippen LogP contribution in [0.3, 0.4) is 0 Å². The second-order valence-electron chi connectivity index (χ2n) is 8.87. The molecule has 1 aromatic heterocycles. The summed E-state index contributed by atoms with van der Waals surface area (Å²) >= 11 is 0. The number of rotatable bonds is 2. The van der Waals surface area contributed by atoms with E-state index >= 15 is 0 Å². The molecule has 0 bridgehead atoms. The highest BCUT2D eigenvalue weighted by Gasteiger charge is 2.58. The molecule has 1 aromatic rings. The highest BCUT2D eigenvalue weighted by molar-refractivity contribution is 5.92. The predicted molar refractivity (Wildman–Crippen MR) is 92.6 cm³/mol. The van der Waals surface area contributed by atoms with Gasteiger partial charge >= 0.3 is 0 Å². The van der Waals surface area contributed by atoms with Gasteiger partial charge in [0.2, 0.25) is 5.82 Å². The minimum atomic E-state index is -0.342. The first-order valence-electron chi connectivity index (χ1n) is 8.58. The van der Waals surface area contributed by atoms with E-state index in [-0.39, 0.29) is 34.4 Å². The van der Waals surface area contributed by atoms with Gasteiger partial charge in [-0.05, 0) is 41.5 Å². The van der Waals surface area contributed by atoms with E-state index in [1.807, 2.05) is 9.58 Å². The summed E-state index contributed by atoms with van der Waals surface area (Å²) in [6.45, 7) is 21.3. The first-order valence-corrected chi connectivity index (χ1v) is 8.58. The van der Waals surface area contributed by atoms with Crippen LogP contribution in [0.1, 0.15) is 91.6 Å². The van der Waals surface area contributed by atoms with Crippen LogP contribution in [0, 0.1) is 5.41 Å². The first-order chi connectivity index (χ1) is 10.3. The van der Waals surface area contributed by atoms with Gasteiger partial charge < -0.3 is 4.90 Å². The first kappa shape index (κ1) is 18.0. The van der Waals surface area contributed by atoms with Crippen LogP contribution >= 0.6 is 0 Å². The van der Waals surface area contributed by atoms with Crippen molar-refractivity contribution < 1.29 is 4.79 Å². The van der Waals surface area contributed by atoms with Crippen LogP contribution in [0.25, 0.3) is 0 Å². The maximum absolute atomic E-state index is 13.3. The van der Waals surface area contributed by atoms with Crippen molar-refractivity contribution in [2.24, 2.45) is 5.41 Å². The molecule has 0 aliphatic carbocycles. The molecule has 1 aliphatic rings. The Morgan fingerprint density at radius 3 is 1.87 bits per heavy atom. The second-order valence-corrected chi connectivity index (χ2v) is 8.87. The predicted octanol–water partition coefficient (Wildman–Crippen LogP) is 3.81. The van der Waals surface area contributed by atoms with E-state index < -0.39 is 0 Å². The van der Waals surface area contributed by atoms with Gasteiger partial charge in [0.15, 0.2) is 5.82 Å². The largest absolute Gasteiger partial charge is 0.328 e. The lowest BCUT2D eigenvalue weighted by Crippen LogP contribution is -2.62. The Morgan fingerprint density at radius 2 is 1.43 bits per heavy atom. The molecule has 2 rings (SSSR count). The summed E-state index contributed by atoms with van der Waals surface area (Å²) in [6, 6.07) is 0.0957. The van der Waals surface area contributed by atoms with Gasteiger partial charge in [-0.25, -0.2) is 9.67 Å². The van der Waals surface area contributed by atoms with E-state index in [2.05, 4.69) is 74.2 Å². The molecular formula is C18H32N4O. The molecule has 0 fully saturated rings.